The summed E-state index contributed by atoms with van der Waals surface area (Å²) in [7, 11) is 1.06. The highest BCUT2D eigenvalue weighted by molar-refractivity contribution is 6.11. The first-order chi connectivity index (χ1) is 20.8. The molecule has 1 aliphatic rings. The van der Waals surface area contributed by atoms with Crippen molar-refractivity contribution in [1.82, 2.24) is 4.90 Å². The van der Waals surface area contributed by atoms with Crippen LogP contribution in [-0.2, 0) is 17.7 Å². The van der Waals surface area contributed by atoms with Crippen LogP contribution in [0.3, 0.4) is 0 Å². The van der Waals surface area contributed by atoms with Crippen molar-refractivity contribution in [1.29, 1.82) is 0 Å². The van der Waals surface area contributed by atoms with Crippen molar-refractivity contribution in [2.45, 2.75) is 31.8 Å². The predicted molar refractivity (Wildman–Crippen MR) is 157 cm³/mol. The van der Waals surface area contributed by atoms with Crippen LogP contribution in [0, 0.1) is 0 Å². The van der Waals surface area contributed by atoms with Gasteiger partial charge >= 0.3 is 17.9 Å². The monoisotopic (exact) mass is 579 g/mol. The number of para-hydroxylation sites is 1. The van der Waals surface area contributed by atoms with E-state index in [4.69, 9.17) is 4.74 Å². The van der Waals surface area contributed by atoms with Crippen molar-refractivity contribution in [3.05, 3.63) is 130 Å². The van der Waals surface area contributed by atoms with Crippen LogP contribution in [0.5, 0.6) is 11.5 Å². The minimum Gasteiger partial charge on any atom is -0.478 e. The molecule has 2 N–H and O–H groups in total. The fourth-order valence-electron chi connectivity index (χ4n) is 5.47. The van der Waals surface area contributed by atoms with Crippen molar-refractivity contribution >= 4 is 23.8 Å². The van der Waals surface area contributed by atoms with E-state index in [0.717, 1.165) is 48.8 Å². The number of hydrogen-bond acceptors (Lipinski definition) is 6. The Labute approximate surface area is 247 Å². The molecule has 0 aliphatic heterocycles. The largest absolute Gasteiger partial charge is 0.478 e. The minimum atomic E-state index is -1.49. The summed E-state index contributed by atoms with van der Waals surface area (Å²) in [5.41, 5.74) is 0.949. The van der Waals surface area contributed by atoms with Crippen LogP contribution in [0.1, 0.15) is 77.0 Å². The Morgan fingerprint density at radius 2 is 1.42 bits per heavy atom. The molecule has 0 radical (unpaired) electrons. The van der Waals surface area contributed by atoms with Crippen LogP contribution in [0.25, 0.3) is 0 Å². The fraction of sp³-hybridized carbons (Fsp3) is 0.176. The molecule has 0 fully saturated rings. The molecule has 9 nitrogen and oxygen atoms in total. The average molecular weight is 580 g/mol. The normalized spacial score (nSPS) is 13.8. The summed E-state index contributed by atoms with van der Waals surface area (Å²) in [6, 6.07) is 25.7. The third-order valence-corrected chi connectivity index (χ3v) is 7.46. The first kappa shape index (κ1) is 29.1. The van der Waals surface area contributed by atoms with Crippen LogP contribution in [0.2, 0.25) is 0 Å². The van der Waals surface area contributed by atoms with Crippen molar-refractivity contribution < 1.29 is 38.9 Å². The van der Waals surface area contributed by atoms with E-state index >= 15 is 0 Å². The molecule has 4 aromatic carbocycles. The standard InChI is InChI=1S/C34H29NO8/c1-42-34(41)29-19-27(32(37)38)26(18-28(29)33(39)40)31(36)35(30-16-8-11-22-10-5-6-15-25(22)30)20-21-9-7-14-24(17-21)43-23-12-3-2-4-13-23/h2-7,9-10,12-15,17-19,30H,8,11,16,20H2,1H3,(H,37,38)(H,39,40). The summed E-state index contributed by atoms with van der Waals surface area (Å²) >= 11 is 0. The first-order valence-electron chi connectivity index (χ1n) is 13.7. The molecule has 0 heterocycles. The van der Waals surface area contributed by atoms with Gasteiger partial charge in [0.25, 0.3) is 5.91 Å². The van der Waals surface area contributed by atoms with E-state index in [1.54, 1.807) is 17.0 Å². The Morgan fingerprint density at radius 3 is 2.14 bits per heavy atom. The first-order valence-corrected chi connectivity index (χ1v) is 13.7. The number of fused-ring (bicyclic) bond motifs is 1. The summed E-state index contributed by atoms with van der Waals surface area (Å²) in [6.45, 7) is 0.0873. The molecule has 1 unspecified atom stereocenters. The number of methoxy groups -OCH3 is 1. The Hall–Kier alpha value is -5.44. The van der Waals surface area contributed by atoms with Gasteiger partial charge in [-0.3, -0.25) is 4.79 Å². The highest BCUT2D eigenvalue weighted by atomic mass is 16.5. The van der Waals surface area contributed by atoms with Crippen LogP contribution < -0.4 is 4.74 Å². The molecular weight excluding hydrogens is 550 g/mol. The van der Waals surface area contributed by atoms with Crippen molar-refractivity contribution in [3.63, 3.8) is 0 Å². The van der Waals surface area contributed by atoms with Gasteiger partial charge in [-0.05, 0) is 72.4 Å². The lowest BCUT2D eigenvalue weighted by Gasteiger charge is -2.36. The van der Waals surface area contributed by atoms with Crippen LogP contribution in [0.15, 0.2) is 91.0 Å². The number of aromatic carboxylic acids is 2. The summed E-state index contributed by atoms with van der Waals surface area (Å²) in [4.78, 5) is 52.8. The molecule has 0 aromatic heterocycles. The zero-order valence-corrected chi connectivity index (χ0v) is 23.4. The molecule has 0 bridgehead atoms. The van der Waals surface area contributed by atoms with Crippen LogP contribution >= 0.6 is 0 Å². The van der Waals surface area contributed by atoms with E-state index in [2.05, 4.69) is 4.74 Å². The quantitative estimate of drug-likeness (QED) is 0.218. The highest BCUT2D eigenvalue weighted by Gasteiger charge is 2.34. The zero-order chi connectivity index (χ0) is 30.5. The van der Waals surface area contributed by atoms with E-state index in [-0.39, 0.29) is 12.1 Å². The van der Waals surface area contributed by atoms with Gasteiger partial charge in [-0.15, -0.1) is 0 Å². The summed E-state index contributed by atoms with van der Waals surface area (Å²) in [6.07, 6.45) is 2.26. The predicted octanol–water partition coefficient (Wildman–Crippen LogP) is 6.38. The number of benzene rings is 4. The molecule has 0 saturated carbocycles. The molecule has 1 amide bonds. The van der Waals surface area contributed by atoms with E-state index in [1.165, 1.54) is 0 Å². The molecule has 4 aromatic rings. The van der Waals surface area contributed by atoms with E-state index < -0.39 is 46.5 Å². The van der Waals surface area contributed by atoms with Crippen molar-refractivity contribution in [2.75, 3.05) is 7.11 Å². The molecule has 218 valence electrons. The molecule has 5 rings (SSSR count). The maximum absolute atomic E-state index is 14.4. The summed E-state index contributed by atoms with van der Waals surface area (Å²) in [5, 5.41) is 19.9. The average Bonchev–Trinajstić information content (AvgIpc) is 3.02. The molecular formula is C34H29NO8. The molecule has 1 atom stereocenters. The Bertz CT molecular complexity index is 1700. The van der Waals surface area contributed by atoms with Gasteiger partial charge in [-0.25, -0.2) is 14.4 Å². The topological polar surface area (TPSA) is 130 Å². The number of hydrogen-bond donors (Lipinski definition) is 2. The molecule has 43 heavy (non-hydrogen) atoms. The molecule has 9 heteroatoms. The second kappa shape index (κ2) is 12.6. The number of carboxylic acids is 2. The van der Waals surface area contributed by atoms with Gasteiger partial charge in [0, 0.05) is 6.54 Å². The van der Waals surface area contributed by atoms with Gasteiger partial charge in [-0.1, -0.05) is 54.6 Å². The van der Waals surface area contributed by atoms with E-state index in [1.807, 2.05) is 66.7 Å². The van der Waals surface area contributed by atoms with Crippen LogP contribution in [0.4, 0.5) is 0 Å². The van der Waals surface area contributed by atoms with Gasteiger partial charge < -0.3 is 24.6 Å². The number of nitrogens with zero attached hydrogens (tertiary/aromatic N) is 1. The third-order valence-electron chi connectivity index (χ3n) is 7.46. The fourth-order valence-corrected chi connectivity index (χ4v) is 5.47. The van der Waals surface area contributed by atoms with Crippen molar-refractivity contribution in [2.24, 2.45) is 0 Å². The number of carbonyl (C=O) groups is 4. The van der Waals surface area contributed by atoms with Gasteiger partial charge in [0.2, 0.25) is 0 Å². The number of aryl methyl sites for hydroxylation is 1. The number of ether oxygens (including phenoxy) is 2. The number of carbonyl (C=O) groups excluding carboxylic acids is 2. The second-order valence-corrected chi connectivity index (χ2v) is 10.1. The smallest absolute Gasteiger partial charge is 0.338 e. The Balaban J connectivity index is 1.61. The summed E-state index contributed by atoms with van der Waals surface area (Å²) in [5.74, 6) is -3.47. The number of carboxylic acid groups (broad SMARTS) is 2. The van der Waals surface area contributed by atoms with Gasteiger partial charge in [0.05, 0.1) is 35.4 Å². The van der Waals surface area contributed by atoms with E-state index in [9.17, 15) is 29.4 Å². The lowest BCUT2D eigenvalue weighted by atomic mass is 9.86. The lowest BCUT2D eigenvalue weighted by molar-refractivity contribution is 0.0577. The Kier molecular flexibility index (Phi) is 8.52. The van der Waals surface area contributed by atoms with Crippen LogP contribution in [-0.4, -0.2) is 46.0 Å². The number of rotatable bonds is 9. The highest BCUT2D eigenvalue weighted by Crippen LogP contribution is 2.37. The maximum atomic E-state index is 14.4. The number of esters is 1. The molecule has 1 aliphatic carbocycles. The van der Waals surface area contributed by atoms with Crippen molar-refractivity contribution in [3.8, 4) is 11.5 Å². The van der Waals surface area contributed by atoms with Gasteiger partial charge in [0.1, 0.15) is 11.5 Å². The third kappa shape index (κ3) is 6.25. The molecule has 0 spiro atoms. The van der Waals surface area contributed by atoms with Gasteiger partial charge in [-0.2, -0.15) is 0 Å². The number of amides is 1. The zero-order valence-electron chi connectivity index (χ0n) is 23.4. The lowest BCUT2D eigenvalue weighted by Crippen LogP contribution is -2.37. The molecule has 0 saturated heterocycles. The summed E-state index contributed by atoms with van der Waals surface area (Å²) < 4.78 is 10.7. The van der Waals surface area contributed by atoms with E-state index in [0.29, 0.717) is 17.9 Å². The minimum absolute atomic E-state index is 0.0873. The second-order valence-electron chi connectivity index (χ2n) is 10.1. The maximum Gasteiger partial charge on any atom is 0.338 e. The van der Waals surface area contributed by atoms with Gasteiger partial charge in [0.15, 0.2) is 0 Å². The Morgan fingerprint density at radius 1 is 0.767 bits per heavy atom. The SMILES string of the molecule is COC(=O)c1cc(C(=O)O)c(C(=O)N(Cc2cccc(Oc3ccccc3)c2)C2CCCc3ccccc32)cc1C(=O)O.